The van der Waals surface area contributed by atoms with Crippen molar-refractivity contribution in [3.8, 4) is 22.2 Å². The third-order valence-corrected chi connectivity index (χ3v) is 3.98. The number of ether oxygens (including phenoxy) is 1. The maximum absolute atomic E-state index is 5.76. The molecule has 0 amide bonds. The van der Waals surface area contributed by atoms with Crippen molar-refractivity contribution in [3.05, 3.63) is 51.8 Å². The Balaban J connectivity index is 1.98. The first kappa shape index (κ1) is 13.5. The van der Waals surface area contributed by atoms with E-state index in [0.29, 0.717) is 10.9 Å². The zero-order valence-corrected chi connectivity index (χ0v) is 13.1. The summed E-state index contributed by atoms with van der Waals surface area (Å²) < 4.78 is 6.50. The molecule has 0 fully saturated rings. The lowest BCUT2D eigenvalue weighted by molar-refractivity contribution is 0.475. The Morgan fingerprint density at radius 1 is 1.10 bits per heavy atom. The molecule has 0 saturated carbocycles. The molecule has 0 N–H and O–H groups in total. The smallest absolute Gasteiger partial charge is 0.225 e. The summed E-state index contributed by atoms with van der Waals surface area (Å²) in [5, 5.41) is 0.796. The monoisotopic (exact) mass is 367 g/mol. The summed E-state index contributed by atoms with van der Waals surface area (Å²) in [4.78, 5) is 12.3. The topological polar surface area (TPSA) is 47.9 Å². The fourth-order valence-corrected chi connectivity index (χ4v) is 3.04. The van der Waals surface area contributed by atoms with Gasteiger partial charge in [-0.05, 0) is 27.5 Å². The van der Waals surface area contributed by atoms with Gasteiger partial charge in [0.05, 0.1) is 0 Å². The number of hydrogen-bond acceptors (Lipinski definition) is 5. The van der Waals surface area contributed by atoms with Crippen LogP contribution in [0.3, 0.4) is 0 Å². The van der Waals surface area contributed by atoms with Gasteiger partial charge in [-0.2, -0.15) is 4.98 Å². The Kier molecular flexibility index (Phi) is 3.95. The van der Waals surface area contributed by atoms with Gasteiger partial charge in [0, 0.05) is 17.8 Å². The summed E-state index contributed by atoms with van der Waals surface area (Å²) in [6.45, 7) is 0. The van der Waals surface area contributed by atoms with Crippen molar-refractivity contribution in [2.24, 2.45) is 0 Å². The van der Waals surface area contributed by atoms with Gasteiger partial charge in [0.25, 0.3) is 0 Å². The molecule has 0 radical (unpaired) electrons. The highest BCUT2D eigenvalue weighted by Crippen LogP contribution is 2.39. The van der Waals surface area contributed by atoms with Crippen molar-refractivity contribution in [3.63, 3.8) is 0 Å². The Morgan fingerprint density at radius 3 is 2.65 bits per heavy atom. The molecule has 2 heterocycles. The van der Waals surface area contributed by atoms with E-state index in [4.69, 9.17) is 16.3 Å². The largest absolute Gasteiger partial charge is 0.426 e. The Labute approximate surface area is 132 Å². The van der Waals surface area contributed by atoms with E-state index in [2.05, 4.69) is 30.9 Å². The van der Waals surface area contributed by atoms with Crippen LogP contribution >= 0.6 is 38.9 Å². The van der Waals surface area contributed by atoms with Crippen LogP contribution in [0.4, 0.5) is 0 Å². The molecule has 0 saturated heterocycles. The second kappa shape index (κ2) is 5.87. The van der Waals surface area contributed by atoms with Crippen LogP contribution in [0, 0.1) is 0 Å². The summed E-state index contributed by atoms with van der Waals surface area (Å²) in [7, 11) is 0. The number of hydrogen-bond donors (Lipinski definition) is 0. The van der Waals surface area contributed by atoms with Crippen LogP contribution in [0.15, 0.2) is 46.5 Å². The fourth-order valence-electron chi connectivity index (χ4n) is 1.60. The van der Waals surface area contributed by atoms with Crippen LogP contribution in [0.2, 0.25) is 5.28 Å². The minimum absolute atomic E-state index is 0.146. The molecule has 0 aliphatic heterocycles. The molecule has 2 aromatic heterocycles. The van der Waals surface area contributed by atoms with E-state index in [1.165, 1.54) is 11.3 Å². The zero-order chi connectivity index (χ0) is 13.9. The van der Waals surface area contributed by atoms with Gasteiger partial charge in [-0.1, -0.05) is 41.7 Å². The minimum Gasteiger partial charge on any atom is -0.426 e. The number of thiazole rings is 1. The van der Waals surface area contributed by atoms with Gasteiger partial charge in [0.15, 0.2) is 3.92 Å². The maximum Gasteiger partial charge on any atom is 0.225 e. The average Bonchev–Trinajstić information content (AvgIpc) is 2.80. The van der Waals surface area contributed by atoms with E-state index in [1.54, 1.807) is 12.3 Å². The lowest BCUT2D eigenvalue weighted by Gasteiger charge is -2.04. The Morgan fingerprint density at radius 2 is 1.90 bits per heavy atom. The molecule has 100 valence electrons. The molecule has 1 aromatic carbocycles. The first-order valence-electron chi connectivity index (χ1n) is 5.60. The molecule has 3 aromatic rings. The normalized spacial score (nSPS) is 10.5. The lowest BCUT2D eigenvalue weighted by atomic mass is 10.2. The summed E-state index contributed by atoms with van der Waals surface area (Å²) in [5.41, 5.74) is 1.74. The lowest BCUT2D eigenvalue weighted by Crippen LogP contribution is -1.89. The molecule has 20 heavy (non-hydrogen) atoms. The highest BCUT2D eigenvalue weighted by Gasteiger charge is 2.14. The van der Waals surface area contributed by atoms with Gasteiger partial charge < -0.3 is 4.74 Å². The molecular weight excluding hydrogens is 362 g/mol. The zero-order valence-electron chi connectivity index (χ0n) is 9.96. The van der Waals surface area contributed by atoms with Crippen LogP contribution in [-0.4, -0.2) is 15.0 Å². The molecule has 4 nitrogen and oxygen atoms in total. The predicted molar refractivity (Wildman–Crippen MR) is 82.4 cm³/mol. The van der Waals surface area contributed by atoms with Crippen LogP contribution in [-0.2, 0) is 0 Å². The van der Waals surface area contributed by atoms with Gasteiger partial charge in [0.1, 0.15) is 5.69 Å². The summed E-state index contributed by atoms with van der Waals surface area (Å²) >= 11 is 10.5. The fraction of sp³-hybridized carbons (Fsp3) is 0. The maximum atomic E-state index is 5.76. The SMILES string of the molecule is Clc1nccc(Oc2sc(Br)nc2-c2ccccc2)n1. The highest BCUT2D eigenvalue weighted by atomic mass is 79.9. The second-order valence-corrected chi connectivity index (χ2v) is 6.31. The highest BCUT2D eigenvalue weighted by molar-refractivity contribution is 9.11. The van der Waals surface area contributed by atoms with Crippen molar-refractivity contribution in [1.82, 2.24) is 15.0 Å². The predicted octanol–water partition coefficient (Wildman–Crippen LogP) is 4.81. The quantitative estimate of drug-likeness (QED) is 0.623. The molecule has 0 atom stereocenters. The van der Waals surface area contributed by atoms with Crippen LogP contribution in [0.1, 0.15) is 0 Å². The number of halogens is 2. The number of nitrogens with zero attached hydrogens (tertiary/aromatic N) is 3. The van der Waals surface area contributed by atoms with E-state index in [0.717, 1.165) is 15.2 Å². The third kappa shape index (κ3) is 2.98. The van der Waals surface area contributed by atoms with E-state index in [9.17, 15) is 0 Å². The minimum atomic E-state index is 0.146. The molecule has 0 spiro atoms. The van der Waals surface area contributed by atoms with Crippen molar-refractivity contribution in [2.75, 3.05) is 0 Å². The van der Waals surface area contributed by atoms with Crippen molar-refractivity contribution in [1.29, 1.82) is 0 Å². The second-order valence-electron chi connectivity index (χ2n) is 3.73. The average molecular weight is 369 g/mol. The van der Waals surface area contributed by atoms with Crippen molar-refractivity contribution >= 4 is 38.9 Å². The van der Waals surface area contributed by atoms with E-state index >= 15 is 0 Å². The van der Waals surface area contributed by atoms with Crippen LogP contribution in [0.25, 0.3) is 11.3 Å². The van der Waals surface area contributed by atoms with Gasteiger partial charge in [0.2, 0.25) is 16.2 Å². The number of rotatable bonds is 3. The molecule has 3 rings (SSSR count). The first-order valence-corrected chi connectivity index (χ1v) is 7.59. The molecule has 0 aliphatic rings. The van der Waals surface area contributed by atoms with Gasteiger partial charge in [-0.3, -0.25) is 0 Å². The van der Waals surface area contributed by atoms with E-state index in [-0.39, 0.29) is 5.28 Å². The molecule has 7 heteroatoms. The van der Waals surface area contributed by atoms with Crippen molar-refractivity contribution < 1.29 is 4.74 Å². The Bertz CT molecular complexity index is 735. The molecule has 0 aliphatic carbocycles. The van der Waals surface area contributed by atoms with Gasteiger partial charge in [-0.25, -0.2) is 9.97 Å². The van der Waals surface area contributed by atoms with Crippen LogP contribution < -0.4 is 4.74 Å². The molecular formula is C13H7BrClN3OS. The Hall–Kier alpha value is -1.50. The summed E-state index contributed by atoms with van der Waals surface area (Å²) in [6.07, 6.45) is 1.54. The van der Waals surface area contributed by atoms with E-state index < -0.39 is 0 Å². The summed E-state index contributed by atoms with van der Waals surface area (Å²) in [6, 6.07) is 11.5. The number of aromatic nitrogens is 3. The third-order valence-electron chi connectivity index (χ3n) is 2.42. The molecule has 0 bridgehead atoms. The standard InChI is InChI=1S/C13H7BrClN3OS/c14-12-18-10(8-4-2-1-3-5-8)11(20-12)19-9-6-7-16-13(15)17-9/h1-7H. The number of benzene rings is 1. The molecule has 0 unspecified atom stereocenters. The summed E-state index contributed by atoms with van der Waals surface area (Å²) in [5.74, 6) is 0.387. The van der Waals surface area contributed by atoms with Crippen molar-refractivity contribution in [2.45, 2.75) is 0 Å². The van der Waals surface area contributed by atoms with Gasteiger partial charge in [-0.15, -0.1) is 0 Å². The first-order chi connectivity index (χ1) is 9.72. The van der Waals surface area contributed by atoms with Crippen LogP contribution in [0.5, 0.6) is 10.9 Å². The van der Waals surface area contributed by atoms with Gasteiger partial charge >= 0.3 is 0 Å². The van der Waals surface area contributed by atoms with E-state index in [1.807, 2.05) is 30.3 Å².